The second kappa shape index (κ2) is 15.3. The van der Waals surface area contributed by atoms with Crippen LogP contribution in [0.1, 0.15) is 27.7 Å². The maximum Gasteiger partial charge on any atom is 0.118 e. The number of esters is 1. The Morgan fingerprint density at radius 1 is 1.19 bits per heavy atom. The third kappa shape index (κ3) is 13.6. The van der Waals surface area contributed by atoms with Gasteiger partial charge in [0.2, 0.25) is 0 Å². The minimum Gasteiger partial charge on any atom is -0.497 e. The Morgan fingerprint density at radius 2 is 1.71 bits per heavy atom. The Kier molecular flexibility index (Phi) is 16.1. The van der Waals surface area contributed by atoms with E-state index in [0.29, 0.717) is 10.5 Å². The summed E-state index contributed by atoms with van der Waals surface area (Å²) in [6.45, 7) is 10.6. The molecular weight excluding hydrogens is 383 g/mol. The van der Waals surface area contributed by atoms with E-state index in [9.17, 15) is 4.79 Å². The van der Waals surface area contributed by atoms with Crippen molar-refractivity contribution in [2.75, 3.05) is 13.7 Å². The summed E-state index contributed by atoms with van der Waals surface area (Å²) in [6, 6.07) is 9.68. The van der Waals surface area contributed by atoms with Gasteiger partial charge in [0.15, 0.2) is 0 Å². The van der Waals surface area contributed by atoms with Gasteiger partial charge in [0.25, 0.3) is 0 Å². The number of benzene rings is 1. The average Bonchev–Trinajstić information content (AvgIpc) is 2.50. The Morgan fingerprint density at radius 3 is 2.05 bits per heavy atom. The number of alkyl halides is 2. The van der Waals surface area contributed by atoms with Crippen LogP contribution in [-0.2, 0) is 14.3 Å². The number of hydrogen-bond acceptors (Lipinski definition) is 4. The van der Waals surface area contributed by atoms with E-state index in [0.717, 1.165) is 5.75 Å². The van der Waals surface area contributed by atoms with Crippen LogP contribution >= 0.6 is 0 Å². The molecule has 21 heavy (non-hydrogen) atoms. The van der Waals surface area contributed by atoms with Gasteiger partial charge in [-0.1, -0.05) is 18.2 Å². The Balaban J connectivity index is 0. The zero-order valence-electron chi connectivity index (χ0n) is 13.5. The van der Waals surface area contributed by atoms with E-state index in [1.807, 2.05) is 51.0 Å². The molecule has 1 rings (SSSR count). The topological polar surface area (TPSA) is 52.6 Å². The molecule has 1 aromatic rings. The Bertz CT molecular complexity index is 355. The van der Waals surface area contributed by atoms with Crippen molar-refractivity contribution in [1.29, 1.82) is 0 Å². The molecule has 0 aliphatic carbocycles. The van der Waals surface area contributed by atoms with Crippen LogP contribution in [0.4, 0.5) is 0 Å². The molecule has 5 heteroatoms. The van der Waals surface area contributed by atoms with Crippen molar-refractivity contribution in [3.05, 3.63) is 30.3 Å². The SMILES string of the molecule is C=O.CCOC(=O)C(C)[I-]C(C)C.COc1ccccc1. The number of carbonyl (C=O) groups is 2. The van der Waals surface area contributed by atoms with Crippen molar-refractivity contribution < 1.29 is 40.3 Å². The van der Waals surface area contributed by atoms with Gasteiger partial charge >= 0.3 is 78.9 Å². The van der Waals surface area contributed by atoms with Crippen LogP contribution in [0.5, 0.6) is 5.75 Å². The molecule has 0 heterocycles. The van der Waals surface area contributed by atoms with Gasteiger partial charge in [-0.05, 0) is 12.1 Å². The molecule has 1 aromatic carbocycles. The molecule has 0 saturated carbocycles. The molecule has 0 aliphatic rings. The minimum absolute atomic E-state index is 0.0194. The molecule has 0 fully saturated rings. The first kappa shape index (κ1) is 22.2. The molecule has 1 atom stereocenters. The van der Waals surface area contributed by atoms with Crippen molar-refractivity contribution >= 4 is 12.8 Å². The summed E-state index contributed by atoms with van der Waals surface area (Å²) in [5.74, 6) is 0.890. The van der Waals surface area contributed by atoms with Gasteiger partial charge in [-0.3, -0.25) is 0 Å². The van der Waals surface area contributed by atoms with Gasteiger partial charge in [0.1, 0.15) is 12.5 Å². The quantitative estimate of drug-likeness (QED) is 0.389. The molecule has 0 spiro atoms. The van der Waals surface area contributed by atoms with Crippen LogP contribution < -0.4 is 25.9 Å². The van der Waals surface area contributed by atoms with Crippen LogP contribution in [0.2, 0.25) is 0 Å². The molecule has 122 valence electrons. The van der Waals surface area contributed by atoms with E-state index in [2.05, 4.69) is 13.8 Å². The molecule has 0 bridgehead atoms. The summed E-state index contributed by atoms with van der Waals surface area (Å²) in [5, 5.41) is 0. The van der Waals surface area contributed by atoms with Gasteiger partial charge in [-0.15, -0.1) is 0 Å². The van der Waals surface area contributed by atoms with Gasteiger partial charge in [0.05, 0.1) is 7.11 Å². The summed E-state index contributed by atoms with van der Waals surface area (Å²) < 4.78 is 10.6. The van der Waals surface area contributed by atoms with E-state index in [1.54, 1.807) is 7.11 Å². The van der Waals surface area contributed by atoms with E-state index < -0.39 is 0 Å². The molecule has 0 aromatic heterocycles. The molecule has 1 unspecified atom stereocenters. The first-order valence-electron chi connectivity index (χ1n) is 6.67. The number of halogens is 1. The number of methoxy groups -OCH3 is 1. The first-order chi connectivity index (χ1) is 10.0. The number of hydrogen-bond donors (Lipinski definition) is 0. The average molecular weight is 409 g/mol. The fourth-order valence-corrected chi connectivity index (χ4v) is 3.87. The summed E-state index contributed by atoms with van der Waals surface area (Å²) in [4.78, 5) is 19.1. The number of carbonyl (C=O) groups excluding carboxylic acids is 2. The van der Waals surface area contributed by atoms with Crippen molar-refractivity contribution in [3.63, 3.8) is 0 Å². The molecule has 4 nitrogen and oxygen atoms in total. The van der Waals surface area contributed by atoms with Gasteiger partial charge in [-0.2, -0.15) is 0 Å². The van der Waals surface area contributed by atoms with Crippen LogP contribution in [0.15, 0.2) is 30.3 Å². The predicted molar refractivity (Wildman–Crippen MR) is 81.3 cm³/mol. The monoisotopic (exact) mass is 409 g/mol. The first-order valence-corrected chi connectivity index (χ1v) is 9.16. The Labute approximate surface area is 138 Å². The smallest absolute Gasteiger partial charge is 0.118 e. The molecular formula is C16H26IO4-. The van der Waals surface area contributed by atoms with Crippen molar-refractivity contribution in [2.24, 2.45) is 0 Å². The van der Waals surface area contributed by atoms with Crippen molar-refractivity contribution in [3.8, 4) is 5.75 Å². The molecule has 0 saturated heterocycles. The summed E-state index contributed by atoms with van der Waals surface area (Å²) in [7, 11) is 1.66. The standard InChI is InChI=1S/C8H16IO2.C7H8O.CH2O/c1-5-11-8(10)7(4)9-6(2)3;1-8-7-5-3-2-4-6-7;1-2/h6-7H,5H2,1-4H3;2-6H,1H3;1H2/q-1;;. The molecule has 0 aliphatic heterocycles. The molecule has 0 radical (unpaired) electrons. The molecule has 0 N–H and O–H groups in total. The second-order valence-corrected chi connectivity index (χ2v) is 9.10. The van der Waals surface area contributed by atoms with E-state index in [4.69, 9.17) is 14.3 Å². The largest absolute Gasteiger partial charge is 0.497 e. The predicted octanol–water partition coefficient (Wildman–Crippen LogP) is -0.0543. The van der Waals surface area contributed by atoms with Crippen LogP contribution in [0.25, 0.3) is 0 Å². The zero-order valence-corrected chi connectivity index (χ0v) is 15.6. The van der Waals surface area contributed by atoms with E-state index in [1.165, 1.54) is 0 Å². The number of ether oxygens (including phenoxy) is 2. The van der Waals surface area contributed by atoms with Crippen molar-refractivity contribution in [2.45, 2.75) is 35.5 Å². The third-order valence-electron chi connectivity index (χ3n) is 2.03. The van der Waals surface area contributed by atoms with Gasteiger partial charge in [0, 0.05) is 0 Å². The van der Waals surface area contributed by atoms with Crippen molar-refractivity contribution in [1.82, 2.24) is 0 Å². The zero-order chi connectivity index (χ0) is 16.7. The summed E-state index contributed by atoms with van der Waals surface area (Å²) >= 11 is -0.0249. The second-order valence-electron chi connectivity index (χ2n) is 4.03. The normalized spacial score (nSPS) is 10.6. The van der Waals surface area contributed by atoms with E-state index >= 15 is 0 Å². The summed E-state index contributed by atoms with van der Waals surface area (Å²) in [6.07, 6.45) is 0. The Hall–Kier alpha value is -1.11. The van der Waals surface area contributed by atoms with Crippen LogP contribution in [0, 0.1) is 0 Å². The fraction of sp³-hybridized carbons (Fsp3) is 0.500. The van der Waals surface area contributed by atoms with Gasteiger partial charge < -0.3 is 9.53 Å². The minimum atomic E-state index is -0.0249. The maximum absolute atomic E-state index is 11.1. The fourth-order valence-electron chi connectivity index (χ4n) is 1.24. The number of rotatable bonds is 5. The van der Waals surface area contributed by atoms with Crippen LogP contribution in [-0.4, -0.2) is 34.3 Å². The summed E-state index contributed by atoms with van der Waals surface area (Å²) in [5.41, 5.74) is 0. The maximum atomic E-state index is 11.1. The van der Waals surface area contributed by atoms with Crippen LogP contribution in [0.3, 0.4) is 0 Å². The van der Waals surface area contributed by atoms with E-state index in [-0.39, 0.29) is 31.1 Å². The number of para-hydroxylation sites is 1. The third-order valence-corrected chi connectivity index (χ3v) is 5.06. The van der Waals surface area contributed by atoms with Gasteiger partial charge in [-0.25, -0.2) is 0 Å². The molecule has 0 amide bonds.